The van der Waals surface area contributed by atoms with Crippen LogP contribution in [0.25, 0.3) is 0 Å². The highest BCUT2D eigenvalue weighted by atomic mass is 79.9. The minimum Gasteiger partial charge on any atom is -0.493 e. The molecule has 0 amide bonds. The lowest BCUT2D eigenvalue weighted by Gasteiger charge is -2.38. The van der Waals surface area contributed by atoms with Crippen molar-refractivity contribution in [3.05, 3.63) is 28.2 Å². The Morgan fingerprint density at radius 2 is 2.10 bits per heavy atom. The smallest absolute Gasteiger partial charge is 0.124 e. The topological polar surface area (TPSA) is 41.5 Å². The van der Waals surface area contributed by atoms with Gasteiger partial charge in [0.15, 0.2) is 0 Å². The van der Waals surface area contributed by atoms with Crippen LogP contribution in [0.5, 0.6) is 5.75 Å². The average Bonchev–Trinajstić information content (AvgIpc) is 2.54. The molecular formula is C17H24BrNO2. The largest absolute Gasteiger partial charge is 0.493 e. The molecule has 2 N–H and O–H groups in total. The summed E-state index contributed by atoms with van der Waals surface area (Å²) in [5.41, 5.74) is 1.32. The van der Waals surface area contributed by atoms with E-state index in [1.807, 2.05) is 12.1 Å². The maximum Gasteiger partial charge on any atom is 0.124 e. The van der Waals surface area contributed by atoms with Gasteiger partial charge in [0.05, 0.1) is 6.61 Å². The fourth-order valence-corrected chi connectivity index (χ4v) is 3.99. The summed E-state index contributed by atoms with van der Waals surface area (Å²) in [6, 6.07) is 6.54. The Bertz CT molecular complexity index is 486. The summed E-state index contributed by atoms with van der Waals surface area (Å²) in [6.07, 6.45) is 7.09. The zero-order valence-corrected chi connectivity index (χ0v) is 14.0. The van der Waals surface area contributed by atoms with Gasteiger partial charge in [-0.1, -0.05) is 35.2 Å². The molecule has 0 saturated heterocycles. The first-order valence-corrected chi connectivity index (χ1v) is 8.78. The molecule has 1 aliphatic heterocycles. The molecule has 0 aromatic heterocycles. The van der Waals surface area contributed by atoms with Crippen LogP contribution < -0.4 is 10.1 Å². The van der Waals surface area contributed by atoms with Gasteiger partial charge >= 0.3 is 0 Å². The number of fused-ring (bicyclic) bond motifs is 1. The zero-order valence-electron chi connectivity index (χ0n) is 12.4. The summed E-state index contributed by atoms with van der Waals surface area (Å²) in [7, 11) is 0. The third kappa shape index (κ3) is 3.43. The van der Waals surface area contributed by atoms with E-state index in [-0.39, 0.29) is 5.41 Å². The minimum atomic E-state index is 0.0860. The monoisotopic (exact) mass is 353 g/mol. The molecule has 21 heavy (non-hydrogen) atoms. The first kappa shape index (κ1) is 15.3. The maximum absolute atomic E-state index is 9.84. The molecule has 3 nitrogen and oxygen atoms in total. The summed E-state index contributed by atoms with van der Waals surface area (Å²) in [5.74, 6) is 0.989. The van der Waals surface area contributed by atoms with E-state index >= 15 is 0 Å². The van der Waals surface area contributed by atoms with Crippen LogP contribution in [-0.2, 0) is 0 Å². The van der Waals surface area contributed by atoms with Crippen molar-refractivity contribution < 1.29 is 9.84 Å². The highest BCUT2D eigenvalue weighted by molar-refractivity contribution is 9.10. The number of ether oxygens (including phenoxy) is 1. The molecule has 1 unspecified atom stereocenters. The minimum absolute atomic E-state index is 0.0860. The van der Waals surface area contributed by atoms with Crippen molar-refractivity contribution in [1.82, 2.24) is 5.32 Å². The zero-order chi connectivity index (χ0) is 14.7. The molecular weight excluding hydrogens is 330 g/mol. The second kappa shape index (κ2) is 6.67. The summed E-state index contributed by atoms with van der Waals surface area (Å²) in [6.45, 7) is 1.97. The van der Waals surface area contributed by atoms with Crippen LogP contribution in [0, 0.1) is 5.41 Å². The number of nitrogens with one attached hydrogen (secondary N) is 1. The maximum atomic E-state index is 9.84. The highest BCUT2D eigenvalue weighted by Gasteiger charge is 2.32. The van der Waals surface area contributed by atoms with Gasteiger partial charge in [-0.2, -0.15) is 0 Å². The fraction of sp³-hybridized carbons (Fsp3) is 0.647. The average molecular weight is 354 g/mol. The van der Waals surface area contributed by atoms with E-state index in [0.717, 1.165) is 42.6 Å². The first-order chi connectivity index (χ1) is 10.2. The summed E-state index contributed by atoms with van der Waals surface area (Å²) in [4.78, 5) is 0. The highest BCUT2D eigenvalue weighted by Crippen LogP contribution is 2.38. The first-order valence-electron chi connectivity index (χ1n) is 7.99. The molecule has 0 bridgehead atoms. The lowest BCUT2D eigenvalue weighted by Crippen LogP contribution is -2.41. The summed E-state index contributed by atoms with van der Waals surface area (Å²) in [5, 5.41) is 13.5. The van der Waals surface area contributed by atoms with E-state index in [1.165, 1.54) is 24.8 Å². The van der Waals surface area contributed by atoms with Crippen molar-refractivity contribution in [3.8, 4) is 5.75 Å². The SMILES string of the molecule is OCC1(CNC2CCOc3ccc(Br)cc32)CCCCC1. The van der Waals surface area contributed by atoms with Crippen molar-refractivity contribution in [1.29, 1.82) is 0 Å². The van der Waals surface area contributed by atoms with Gasteiger partial charge in [-0.25, -0.2) is 0 Å². The summed E-state index contributed by atoms with van der Waals surface area (Å²) < 4.78 is 6.83. The molecule has 0 radical (unpaired) electrons. The van der Waals surface area contributed by atoms with Crippen LogP contribution in [0.15, 0.2) is 22.7 Å². The van der Waals surface area contributed by atoms with Crippen molar-refractivity contribution >= 4 is 15.9 Å². The number of halogens is 1. The predicted octanol–water partition coefficient (Wildman–Crippen LogP) is 3.81. The number of hydrogen-bond donors (Lipinski definition) is 2. The molecule has 1 heterocycles. The van der Waals surface area contributed by atoms with Gasteiger partial charge in [0.25, 0.3) is 0 Å². The lowest BCUT2D eigenvalue weighted by molar-refractivity contribution is 0.0761. The lowest BCUT2D eigenvalue weighted by atomic mass is 9.74. The molecule has 1 saturated carbocycles. The Hall–Kier alpha value is -0.580. The molecule has 116 valence electrons. The molecule has 0 spiro atoms. The normalized spacial score (nSPS) is 24.2. The molecule has 1 atom stereocenters. The van der Waals surface area contributed by atoms with E-state index in [4.69, 9.17) is 4.74 Å². The molecule has 1 fully saturated rings. The number of rotatable bonds is 4. The summed E-state index contributed by atoms with van der Waals surface area (Å²) >= 11 is 3.55. The Morgan fingerprint density at radius 1 is 1.29 bits per heavy atom. The molecule has 1 aliphatic carbocycles. The van der Waals surface area contributed by atoms with E-state index in [9.17, 15) is 5.11 Å². The second-order valence-electron chi connectivity index (χ2n) is 6.47. The van der Waals surface area contributed by atoms with Crippen LogP contribution in [0.2, 0.25) is 0 Å². The number of hydrogen-bond acceptors (Lipinski definition) is 3. The van der Waals surface area contributed by atoms with Crippen molar-refractivity contribution in [3.63, 3.8) is 0 Å². The third-order valence-electron chi connectivity index (χ3n) is 4.98. The molecule has 2 aliphatic rings. The molecule has 4 heteroatoms. The van der Waals surface area contributed by atoms with Crippen LogP contribution in [0.1, 0.15) is 50.1 Å². The Kier molecular flexibility index (Phi) is 4.87. The fourth-order valence-electron chi connectivity index (χ4n) is 3.61. The van der Waals surface area contributed by atoms with E-state index in [2.05, 4.69) is 27.3 Å². The van der Waals surface area contributed by atoms with Gasteiger partial charge in [0, 0.05) is 41.1 Å². The van der Waals surface area contributed by atoms with E-state index in [0.29, 0.717) is 12.6 Å². The third-order valence-corrected chi connectivity index (χ3v) is 5.48. The van der Waals surface area contributed by atoms with Crippen LogP contribution >= 0.6 is 15.9 Å². The van der Waals surface area contributed by atoms with Gasteiger partial charge in [0.1, 0.15) is 5.75 Å². The van der Waals surface area contributed by atoms with E-state index < -0.39 is 0 Å². The van der Waals surface area contributed by atoms with Gasteiger partial charge in [0.2, 0.25) is 0 Å². The Labute approximate surface area is 135 Å². The Balaban J connectivity index is 1.70. The van der Waals surface area contributed by atoms with Crippen molar-refractivity contribution in [2.45, 2.75) is 44.6 Å². The number of aliphatic hydroxyl groups is 1. The number of aliphatic hydroxyl groups excluding tert-OH is 1. The van der Waals surface area contributed by atoms with Crippen LogP contribution in [0.3, 0.4) is 0 Å². The van der Waals surface area contributed by atoms with Gasteiger partial charge in [-0.3, -0.25) is 0 Å². The van der Waals surface area contributed by atoms with Crippen LogP contribution in [-0.4, -0.2) is 24.9 Å². The number of benzene rings is 1. The van der Waals surface area contributed by atoms with Crippen molar-refractivity contribution in [2.24, 2.45) is 5.41 Å². The van der Waals surface area contributed by atoms with Crippen molar-refractivity contribution in [2.75, 3.05) is 19.8 Å². The molecule has 3 rings (SSSR count). The second-order valence-corrected chi connectivity index (χ2v) is 7.39. The molecule has 1 aromatic rings. The Morgan fingerprint density at radius 3 is 2.86 bits per heavy atom. The van der Waals surface area contributed by atoms with Gasteiger partial charge in [-0.05, 0) is 31.0 Å². The quantitative estimate of drug-likeness (QED) is 0.864. The predicted molar refractivity (Wildman–Crippen MR) is 87.6 cm³/mol. The van der Waals surface area contributed by atoms with Crippen LogP contribution in [0.4, 0.5) is 0 Å². The van der Waals surface area contributed by atoms with E-state index in [1.54, 1.807) is 0 Å². The van der Waals surface area contributed by atoms with Gasteiger partial charge < -0.3 is 15.2 Å². The van der Waals surface area contributed by atoms with Gasteiger partial charge in [-0.15, -0.1) is 0 Å². The molecule has 1 aromatic carbocycles. The standard InChI is InChI=1S/C17H24BrNO2/c18-13-4-5-16-14(10-13)15(6-9-21-16)19-11-17(12-20)7-2-1-3-8-17/h4-5,10,15,19-20H,1-3,6-9,11-12H2.